The lowest BCUT2D eigenvalue weighted by Gasteiger charge is -2.21. The molecule has 0 N–H and O–H groups in total. The van der Waals surface area contributed by atoms with Crippen LogP contribution in [0.25, 0.3) is 106 Å². The molecule has 10 heteroatoms. The van der Waals surface area contributed by atoms with E-state index in [1.807, 2.05) is 78.9 Å². The van der Waals surface area contributed by atoms with E-state index in [-0.39, 0.29) is 27.3 Å². The number of benzene rings is 8. The summed E-state index contributed by atoms with van der Waals surface area (Å²) in [6, 6.07) is 55.5. The Morgan fingerprint density at radius 2 is 0.984 bits per heavy atom. The van der Waals surface area contributed by atoms with Crippen molar-refractivity contribution in [1.29, 1.82) is 0 Å². The first-order chi connectivity index (χ1) is 29.8. The lowest BCUT2D eigenvalue weighted by Crippen LogP contribution is -2.55. The van der Waals surface area contributed by atoms with Gasteiger partial charge in [-0.15, -0.1) is 16.4 Å². The maximum absolute atomic E-state index is 6.66. The topological polar surface area (TPSA) is 56.7 Å². The monoisotopic (exact) mass is 766 g/mol. The van der Waals surface area contributed by atoms with Gasteiger partial charge in [-0.05, 0) is 64.7 Å². The van der Waals surface area contributed by atoms with Gasteiger partial charge in [0.05, 0.1) is 11.0 Å². The van der Waals surface area contributed by atoms with Crippen LogP contribution in [0.1, 0.15) is 0 Å². The van der Waals surface area contributed by atoms with Gasteiger partial charge in [0.25, 0.3) is 0 Å². The third-order valence-electron chi connectivity index (χ3n) is 11.5. The highest BCUT2D eigenvalue weighted by atomic mass is 16.3. The number of para-hydroxylation sites is 1. The van der Waals surface area contributed by atoms with Crippen molar-refractivity contribution in [3.63, 3.8) is 0 Å². The van der Waals surface area contributed by atoms with Crippen molar-refractivity contribution >= 4 is 110 Å². The summed E-state index contributed by atoms with van der Waals surface area (Å²) in [6.45, 7) is 0. The molecule has 0 aliphatic heterocycles. The Hall–Kier alpha value is -7.31. The van der Waals surface area contributed by atoms with Gasteiger partial charge in [-0.2, -0.15) is 0 Å². The summed E-state index contributed by atoms with van der Waals surface area (Å²) in [5.74, 6) is 1.45. The summed E-state index contributed by atoms with van der Waals surface area (Å²) in [5.41, 5.74) is 11.6. The molecule has 0 aliphatic carbocycles. The van der Waals surface area contributed by atoms with E-state index < -0.39 is 0 Å². The Morgan fingerprint density at radius 1 is 0.377 bits per heavy atom. The first-order valence-electron chi connectivity index (χ1n) is 19.8. The molecule has 272 valence electrons. The molecule has 8 aromatic carbocycles. The van der Waals surface area contributed by atoms with E-state index in [0.29, 0.717) is 39.7 Å². The van der Waals surface area contributed by atoms with Gasteiger partial charge in [-0.1, -0.05) is 126 Å². The number of hydrogen-bond acceptors (Lipinski definition) is 4. The number of fused-ring (bicyclic) bond motifs is 6. The Morgan fingerprint density at radius 3 is 1.75 bits per heavy atom. The molecule has 0 saturated carbocycles. The number of aromatic nitrogens is 4. The maximum atomic E-state index is 6.66. The molecular formula is C51H27B5N4O. The molecule has 5 nitrogen and oxygen atoms in total. The van der Waals surface area contributed by atoms with Crippen LogP contribution >= 0.6 is 0 Å². The zero-order chi connectivity index (χ0) is 41.4. The molecule has 0 bridgehead atoms. The molecule has 0 saturated heterocycles. The van der Waals surface area contributed by atoms with E-state index in [9.17, 15) is 0 Å². The van der Waals surface area contributed by atoms with Crippen molar-refractivity contribution in [3.05, 3.63) is 164 Å². The third kappa shape index (κ3) is 6.04. The summed E-state index contributed by atoms with van der Waals surface area (Å²) in [5, 5.41) is 4.21. The molecule has 0 aliphatic rings. The first-order valence-corrected chi connectivity index (χ1v) is 19.8. The normalized spacial score (nSPS) is 11.6. The fraction of sp³-hybridized carbons (Fsp3) is 0. The van der Waals surface area contributed by atoms with Crippen LogP contribution in [0.15, 0.2) is 168 Å². The zero-order valence-corrected chi connectivity index (χ0v) is 32.7. The molecular weight excluding hydrogens is 739 g/mol. The standard InChI is InChI=1S/C51H27B5N4O/c52-44-42(45(53)47(55)48(56)46(44)54)31-15-9-16-32(25-31)50-57-49(29-13-5-2-6-14-29)58-51(59-50)36-18-10-20-40-43(36)35-23-22-33(27-41(35)61-40)60-38-19-8-7-17-34(38)37-26-30(21-24-39(37)60)28-11-3-1-4-12-28/h1-27H. The number of hydrogen-bond donors (Lipinski definition) is 0. The van der Waals surface area contributed by atoms with Crippen molar-refractivity contribution < 1.29 is 4.42 Å². The van der Waals surface area contributed by atoms with E-state index in [1.165, 1.54) is 21.9 Å². The van der Waals surface area contributed by atoms with E-state index >= 15 is 0 Å². The summed E-state index contributed by atoms with van der Waals surface area (Å²) < 4.78 is 8.97. The molecule has 0 spiro atoms. The second-order valence-electron chi connectivity index (χ2n) is 15.1. The average Bonchev–Trinajstić information content (AvgIpc) is 3.86. The highest BCUT2D eigenvalue weighted by Gasteiger charge is 2.21. The Labute approximate surface area is 358 Å². The lowest BCUT2D eigenvalue weighted by atomic mass is 9.59. The minimum absolute atomic E-state index is 0.158. The lowest BCUT2D eigenvalue weighted by molar-refractivity contribution is 0.668. The summed E-state index contributed by atoms with van der Waals surface area (Å²) >= 11 is 0. The minimum atomic E-state index is 0.158. The Kier molecular flexibility index (Phi) is 8.71. The SMILES string of the molecule is [B]c1c([B])c([B])c(-c2cccc(-c3nc(-c4ccccc4)nc(-c4cccc5oc6cc(-n7c8ccccc8c8cc(-c9ccccc9)ccc87)ccc6c45)n3)c2)c([B])c1[B]. The second kappa shape index (κ2) is 14.5. The van der Waals surface area contributed by atoms with Crippen LogP contribution < -0.4 is 27.3 Å². The van der Waals surface area contributed by atoms with Crippen LogP contribution in [0.2, 0.25) is 0 Å². The fourth-order valence-electron chi connectivity index (χ4n) is 8.52. The third-order valence-corrected chi connectivity index (χ3v) is 11.5. The molecule has 3 heterocycles. The van der Waals surface area contributed by atoms with Gasteiger partial charge in [0.2, 0.25) is 0 Å². The second-order valence-corrected chi connectivity index (χ2v) is 15.1. The van der Waals surface area contributed by atoms with E-state index in [0.717, 1.165) is 44.2 Å². The van der Waals surface area contributed by atoms with Gasteiger partial charge in [0.1, 0.15) is 50.4 Å². The van der Waals surface area contributed by atoms with Crippen LogP contribution in [-0.2, 0) is 0 Å². The predicted molar refractivity (Wildman–Crippen MR) is 256 cm³/mol. The van der Waals surface area contributed by atoms with E-state index in [2.05, 4.69) is 89.5 Å². The first kappa shape index (κ1) is 36.8. The summed E-state index contributed by atoms with van der Waals surface area (Å²) in [4.78, 5) is 15.2. The summed E-state index contributed by atoms with van der Waals surface area (Å²) in [6.07, 6.45) is 0. The van der Waals surface area contributed by atoms with Crippen molar-refractivity contribution in [1.82, 2.24) is 19.5 Å². The Balaban J connectivity index is 1.07. The van der Waals surface area contributed by atoms with E-state index in [1.54, 1.807) is 0 Å². The smallest absolute Gasteiger partial charge is 0.164 e. The molecule has 10 radical (unpaired) electrons. The quantitative estimate of drug-likeness (QED) is 0.169. The van der Waals surface area contributed by atoms with Crippen LogP contribution in [0.5, 0.6) is 0 Å². The van der Waals surface area contributed by atoms with Crippen molar-refractivity contribution in [2.75, 3.05) is 0 Å². The van der Waals surface area contributed by atoms with Gasteiger partial charge in [-0.25, -0.2) is 15.0 Å². The largest absolute Gasteiger partial charge is 0.456 e. The highest BCUT2D eigenvalue weighted by Crippen LogP contribution is 2.40. The van der Waals surface area contributed by atoms with Crippen molar-refractivity contribution in [3.8, 4) is 62.1 Å². The van der Waals surface area contributed by atoms with E-state index in [4.69, 9.17) is 58.6 Å². The van der Waals surface area contributed by atoms with Crippen molar-refractivity contribution in [2.24, 2.45) is 0 Å². The molecule has 3 aromatic heterocycles. The maximum Gasteiger partial charge on any atom is 0.164 e. The molecule has 11 aromatic rings. The predicted octanol–water partition coefficient (Wildman–Crippen LogP) is 7.17. The van der Waals surface area contributed by atoms with Gasteiger partial charge in [0.15, 0.2) is 17.5 Å². The average molecular weight is 766 g/mol. The molecule has 0 unspecified atom stereocenters. The van der Waals surface area contributed by atoms with Crippen LogP contribution in [-0.4, -0.2) is 58.8 Å². The molecule has 0 fully saturated rings. The van der Waals surface area contributed by atoms with Crippen LogP contribution in [0.3, 0.4) is 0 Å². The molecule has 11 rings (SSSR count). The Bertz CT molecular complexity index is 3520. The van der Waals surface area contributed by atoms with Gasteiger partial charge in [0, 0.05) is 50.0 Å². The minimum Gasteiger partial charge on any atom is -0.456 e. The van der Waals surface area contributed by atoms with Gasteiger partial charge < -0.3 is 8.98 Å². The molecule has 0 atom stereocenters. The fourth-order valence-corrected chi connectivity index (χ4v) is 8.52. The summed E-state index contributed by atoms with van der Waals surface area (Å²) in [7, 11) is 31.6. The molecule has 61 heavy (non-hydrogen) atoms. The number of rotatable bonds is 6. The number of nitrogens with zero attached hydrogens (tertiary/aromatic N) is 4. The van der Waals surface area contributed by atoms with Crippen LogP contribution in [0, 0.1) is 0 Å². The van der Waals surface area contributed by atoms with Crippen molar-refractivity contribution in [2.45, 2.75) is 0 Å². The highest BCUT2D eigenvalue weighted by molar-refractivity contribution is 6.68. The molecule has 0 amide bonds. The number of furan rings is 1. The van der Waals surface area contributed by atoms with Crippen LogP contribution in [0.4, 0.5) is 0 Å². The zero-order valence-electron chi connectivity index (χ0n) is 32.7. The van der Waals surface area contributed by atoms with Gasteiger partial charge >= 0.3 is 0 Å². The van der Waals surface area contributed by atoms with Gasteiger partial charge in [-0.3, -0.25) is 0 Å².